The molecule has 0 bridgehead atoms. The lowest BCUT2D eigenvalue weighted by molar-refractivity contribution is -0.116. The molecule has 1 fully saturated rings. The summed E-state index contributed by atoms with van der Waals surface area (Å²) < 4.78 is 0. The van der Waals surface area contributed by atoms with E-state index in [0.717, 1.165) is 62.0 Å². The summed E-state index contributed by atoms with van der Waals surface area (Å²) >= 11 is 0. The van der Waals surface area contributed by atoms with Gasteiger partial charge >= 0.3 is 0 Å². The Morgan fingerprint density at radius 3 is 2.05 bits per heavy atom. The molecule has 0 aromatic heterocycles. The van der Waals surface area contributed by atoms with Crippen LogP contribution in [-0.4, -0.2) is 24.4 Å². The van der Waals surface area contributed by atoms with Gasteiger partial charge in [-0.25, -0.2) is 0 Å². The molecule has 6 rings (SSSR count). The molecule has 5 nitrogen and oxygen atoms in total. The summed E-state index contributed by atoms with van der Waals surface area (Å²) in [7, 11) is 0. The second-order valence-corrected chi connectivity index (χ2v) is 11.2. The third kappa shape index (κ3) is 6.19. The van der Waals surface area contributed by atoms with Crippen molar-refractivity contribution in [2.45, 2.75) is 57.0 Å². The Balaban J connectivity index is 1.31. The smallest absolute Gasteiger partial charge is 0.253 e. The highest BCUT2D eigenvalue weighted by Gasteiger charge is 2.26. The zero-order valence-electron chi connectivity index (χ0n) is 23.4. The van der Waals surface area contributed by atoms with Gasteiger partial charge in [-0.15, -0.1) is 0 Å². The van der Waals surface area contributed by atoms with Crippen molar-refractivity contribution in [1.29, 1.82) is 0 Å². The molecule has 2 aliphatic rings. The quantitative estimate of drug-likeness (QED) is 0.262. The summed E-state index contributed by atoms with van der Waals surface area (Å²) in [5.41, 5.74) is 6.67. The van der Waals surface area contributed by atoms with E-state index in [0.29, 0.717) is 11.3 Å². The van der Waals surface area contributed by atoms with Gasteiger partial charge in [0.1, 0.15) is 0 Å². The molecule has 4 aromatic carbocycles. The monoisotopic (exact) mass is 543 g/mol. The molecule has 208 valence electrons. The standard InChI is InChI=1S/C36H37N3O2/c40-35(37-30-18-8-3-9-19-30)32-24-31(20-21-33(32)39-23-22-26-12-10-11-17-29(26)25-39)38-36(41)34(27-13-4-1-5-14-27)28-15-6-2-7-16-28/h1-2,4-7,10-17,20-21,24,30,34H,3,8-9,18-19,22-23,25H2,(H,37,40)(H,38,41). The number of carbonyl (C=O) groups excluding carboxylic acids is 2. The number of rotatable bonds is 7. The molecule has 1 heterocycles. The molecular weight excluding hydrogens is 506 g/mol. The van der Waals surface area contributed by atoms with Crippen molar-refractivity contribution in [2.75, 3.05) is 16.8 Å². The molecule has 4 aromatic rings. The van der Waals surface area contributed by atoms with Crippen LogP contribution in [-0.2, 0) is 17.8 Å². The Labute approximate surface area is 242 Å². The minimum absolute atomic E-state index is 0.0653. The third-order valence-electron chi connectivity index (χ3n) is 8.45. The molecule has 0 radical (unpaired) electrons. The van der Waals surface area contributed by atoms with Crippen molar-refractivity contribution in [3.8, 4) is 0 Å². The van der Waals surface area contributed by atoms with Gasteiger partial charge in [0.05, 0.1) is 11.5 Å². The van der Waals surface area contributed by atoms with E-state index in [1.807, 2.05) is 78.9 Å². The first-order valence-electron chi connectivity index (χ1n) is 14.8. The first-order chi connectivity index (χ1) is 20.2. The molecule has 0 saturated heterocycles. The van der Waals surface area contributed by atoms with Gasteiger partial charge in [0.2, 0.25) is 5.91 Å². The molecule has 2 N–H and O–H groups in total. The van der Waals surface area contributed by atoms with E-state index in [9.17, 15) is 9.59 Å². The fourth-order valence-corrected chi connectivity index (χ4v) is 6.28. The molecule has 2 amide bonds. The summed E-state index contributed by atoms with van der Waals surface area (Å²) in [6.07, 6.45) is 6.51. The van der Waals surface area contributed by atoms with Gasteiger partial charge in [-0.05, 0) is 59.7 Å². The van der Waals surface area contributed by atoms with E-state index >= 15 is 0 Å². The molecule has 41 heavy (non-hydrogen) atoms. The number of fused-ring (bicyclic) bond motifs is 1. The normalized spacial score (nSPS) is 15.3. The number of nitrogens with one attached hydrogen (secondary N) is 2. The maximum atomic E-state index is 13.8. The number of anilines is 2. The second kappa shape index (κ2) is 12.4. The zero-order chi connectivity index (χ0) is 28.0. The Morgan fingerprint density at radius 1 is 0.732 bits per heavy atom. The second-order valence-electron chi connectivity index (χ2n) is 11.2. The zero-order valence-corrected chi connectivity index (χ0v) is 23.4. The third-order valence-corrected chi connectivity index (χ3v) is 8.45. The van der Waals surface area contributed by atoms with Crippen molar-refractivity contribution in [3.63, 3.8) is 0 Å². The van der Waals surface area contributed by atoms with Gasteiger partial charge in [-0.3, -0.25) is 9.59 Å². The lowest BCUT2D eigenvalue weighted by atomic mass is 9.90. The highest BCUT2D eigenvalue weighted by molar-refractivity contribution is 6.03. The minimum atomic E-state index is -0.463. The van der Waals surface area contributed by atoms with Crippen LogP contribution >= 0.6 is 0 Å². The van der Waals surface area contributed by atoms with Gasteiger partial charge < -0.3 is 15.5 Å². The van der Waals surface area contributed by atoms with Gasteiger partial charge in [-0.2, -0.15) is 0 Å². The summed E-state index contributed by atoms with van der Waals surface area (Å²) in [5, 5.41) is 6.46. The van der Waals surface area contributed by atoms with E-state index in [1.165, 1.54) is 17.5 Å². The topological polar surface area (TPSA) is 61.4 Å². The number of nitrogens with zero attached hydrogens (tertiary/aromatic N) is 1. The summed E-state index contributed by atoms with van der Waals surface area (Å²) in [6, 6.07) is 34.2. The maximum Gasteiger partial charge on any atom is 0.253 e. The summed E-state index contributed by atoms with van der Waals surface area (Å²) in [4.78, 5) is 29.9. The van der Waals surface area contributed by atoms with E-state index in [2.05, 4.69) is 39.8 Å². The van der Waals surface area contributed by atoms with Crippen LogP contribution in [0.4, 0.5) is 11.4 Å². The van der Waals surface area contributed by atoms with Gasteiger partial charge in [0.15, 0.2) is 0 Å². The molecule has 0 spiro atoms. The van der Waals surface area contributed by atoms with E-state index in [1.54, 1.807) is 0 Å². The van der Waals surface area contributed by atoms with Gasteiger partial charge in [-0.1, -0.05) is 104 Å². The van der Waals surface area contributed by atoms with Crippen LogP contribution in [0, 0.1) is 0 Å². The van der Waals surface area contributed by atoms with E-state index in [4.69, 9.17) is 0 Å². The van der Waals surface area contributed by atoms with Crippen molar-refractivity contribution in [1.82, 2.24) is 5.32 Å². The van der Waals surface area contributed by atoms with Gasteiger partial charge in [0, 0.05) is 30.5 Å². The minimum Gasteiger partial charge on any atom is -0.366 e. The predicted molar refractivity (Wildman–Crippen MR) is 165 cm³/mol. The van der Waals surface area contributed by atoms with E-state index < -0.39 is 5.92 Å². The summed E-state index contributed by atoms with van der Waals surface area (Å²) in [5.74, 6) is -0.652. The maximum absolute atomic E-state index is 13.8. The Bertz CT molecular complexity index is 1460. The van der Waals surface area contributed by atoms with Crippen molar-refractivity contribution < 1.29 is 9.59 Å². The number of hydrogen-bond donors (Lipinski definition) is 2. The Kier molecular flexibility index (Phi) is 8.13. The number of amides is 2. The average molecular weight is 544 g/mol. The molecule has 0 atom stereocenters. The molecule has 5 heteroatoms. The van der Waals surface area contributed by atoms with Crippen molar-refractivity contribution in [3.05, 3.63) is 131 Å². The van der Waals surface area contributed by atoms with Crippen LogP contribution in [0.1, 0.15) is 70.6 Å². The Morgan fingerprint density at radius 2 is 1.37 bits per heavy atom. The van der Waals surface area contributed by atoms with Gasteiger partial charge in [0.25, 0.3) is 5.91 Å². The van der Waals surface area contributed by atoms with Crippen LogP contribution in [0.5, 0.6) is 0 Å². The molecule has 0 unspecified atom stereocenters. The molecule has 1 aliphatic carbocycles. The van der Waals surface area contributed by atoms with Crippen LogP contribution in [0.3, 0.4) is 0 Å². The number of carbonyl (C=O) groups is 2. The lowest BCUT2D eigenvalue weighted by Crippen LogP contribution is -2.38. The molecule has 1 aliphatic heterocycles. The average Bonchev–Trinajstić information content (AvgIpc) is 3.02. The lowest BCUT2D eigenvalue weighted by Gasteiger charge is -2.32. The summed E-state index contributed by atoms with van der Waals surface area (Å²) in [6.45, 7) is 1.60. The van der Waals surface area contributed by atoms with Crippen LogP contribution in [0.15, 0.2) is 103 Å². The number of benzene rings is 4. The fourth-order valence-electron chi connectivity index (χ4n) is 6.28. The largest absolute Gasteiger partial charge is 0.366 e. The van der Waals surface area contributed by atoms with Crippen molar-refractivity contribution >= 4 is 23.2 Å². The highest BCUT2D eigenvalue weighted by atomic mass is 16.2. The van der Waals surface area contributed by atoms with Crippen LogP contribution in [0.25, 0.3) is 0 Å². The predicted octanol–water partition coefficient (Wildman–Crippen LogP) is 7.08. The SMILES string of the molecule is O=C(NC1CCCCC1)c1cc(NC(=O)C(c2ccccc2)c2ccccc2)ccc1N1CCc2ccccc2C1. The fraction of sp³-hybridized carbons (Fsp3) is 0.278. The molecular formula is C36H37N3O2. The highest BCUT2D eigenvalue weighted by Crippen LogP contribution is 2.32. The Hall–Kier alpha value is -4.38. The first kappa shape index (κ1) is 26.8. The first-order valence-corrected chi connectivity index (χ1v) is 14.8. The van der Waals surface area contributed by atoms with E-state index in [-0.39, 0.29) is 17.9 Å². The van der Waals surface area contributed by atoms with Crippen LogP contribution in [0.2, 0.25) is 0 Å². The molecule has 1 saturated carbocycles. The van der Waals surface area contributed by atoms with Crippen molar-refractivity contribution in [2.24, 2.45) is 0 Å². The number of hydrogen-bond acceptors (Lipinski definition) is 3. The van der Waals surface area contributed by atoms with Crippen LogP contribution < -0.4 is 15.5 Å².